The molecule has 0 saturated carbocycles. The molecule has 3 fully saturated rings. The number of benzene rings is 1. The van der Waals surface area contributed by atoms with E-state index in [2.05, 4.69) is 0 Å². The third kappa shape index (κ3) is 3.70. The van der Waals surface area contributed by atoms with Crippen LogP contribution in [0.15, 0.2) is 24.3 Å². The van der Waals surface area contributed by atoms with Gasteiger partial charge >= 0.3 is 6.09 Å². The highest BCUT2D eigenvalue weighted by Gasteiger charge is 2.51. The van der Waals surface area contributed by atoms with Gasteiger partial charge in [0.1, 0.15) is 11.9 Å². The Morgan fingerprint density at radius 2 is 1.82 bits per heavy atom. The summed E-state index contributed by atoms with van der Waals surface area (Å²) in [5.74, 6) is 0.819. The summed E-state index contributed by atoms with van der Waals surface area (Å²) in [5, 5.41) is 0. The largest absolute Gasteiger partial charge is 0.497 e. The second-order valence-corrected chi connectivity index (χ2v) is 9.49. The number of fused-ring (bicyclic) bond motifs is 1. The summed E-state index contributed by atoms with van der Waals surface area (Å²) in [6.07, 6.45) is 2.75. The highest BCUT2D eigenvalue weighted by molar-refractivity contribution is 7.86. The first kappa shape index (κ1) is 19.5. The predicted molar refractivity (Wildman–Crippen MR) is 103 cm³/mol. The molecule has 3 heterocycles. The quantitative estimate of drug-likeness (QED) is 0.681. The normalized spacial score (nSPS) is 25.9. The molecule has 154 valence electrons. The van der Waals surface area contributed by atoms with Crippen molar-refractivity contribution in [1.29, 1.82) is 0 Å². The SMILES string of the molecule is COc1ccc(CCCN2C(=O)O[C@H]3CN(S(=O)(=O)N4CCCC4)C[C@H]32)cc1. The van der Waals surface area contributed by atoms with E-state index in [1.54, 1.807) is 16.3 Å². The van der Waals surface area contributed by atoms with Crippen molar-refractivity contribution >= 4 is 16.3 Å². The van der Waals surface area contributed by atoms with Gasteiger partial charge in [-0.25, -0.2) is 4.79 Å². The Morgan fingerprint density at radius 3 is 2.50 bits per heavy atom. The Balaban J connectivity index is 1.34. The fraction of sp³-hybridized carbons (Fsp3) is 0.632. The van der Waals surface area contributed by atoms with Gasteiger partial charge in [0.2, 0.25) is 0 Å². The second kappa shape index (κ2) is 7.88. The summed E-state index contributed by atoms with van der Waals surface area (Å²) < 4.78 is 39.2. The molecule has 9 heteroatoms. The average molecular weight is 410 g/mol. The van der Waals surface area contributed by atoms with Gasteiger partial charge in [0, 0.05) is 26.2 Å². The summed E-state index contributed by atoms with van der Waals surface area (Å²) in [6, 6.07) is 7.69. The van der Waals surface area contributed by atoms with Gasteiger partial charge in [0.15, 0.2) is 0 Å². The number of hydrogen-bond donors (Lipinski definition) is 0. The molecule has 0 unspecified atom stereocenters. The molecule has 0 bridgehead atoms. The van der Waals surface area contributed by atoms with Crippen molar-refractivity contribution in [3.8, 4) is 5.75 Å². The van der Waals surface area contributed by atoms with Crippen LogP contribution in [0.25, 0.3) is 0 Å². The maximum atomic E-state index is 12.8. The molecule has 0 aromatic heterocycles. The van der Waals surface area contributed by atoms with Crippen LogP contribution >= 0.6 is 0 Å². The van der Waals surface area contributed by atoms with Crippen molar-refractivity contribution in [2.75, 3.05) is 39.8 Å². The molecule has 3 aliphatic heterocycles. The van der Waals surface area contributed by atoms with E-state index in [4.69, 9.17) is 9.47 Å². The maximum Gasteiger partial charge on any atom is 0.410 e. The topological polar surface area (TPSA) is 79.4 Å². The Morgan fingerprint density at radius 1 is 1.11 bits per heavy atom. The van der Waals surface area contributed by atoms with Crippen LogP contribution in [0, 0.1) is 0 Å². The lowest BCUT2D eigenvalue weighted by atomic mass is 10.1. The number of carbonyl (C=O) groups is 1. The average Bonchev–Trinajstić information content (AvgIpc) is 3.41. The van der Waals surface area contributed by atoms with Gasteiger partial charge < -0.3 is 14.4 Å². The summed E-state index contributed by atoms with van der Waals surface area (Å²) in [5.41, 5.74) is 1.18. The van der Waals surface area contributed by atoms with Gasteiger partial charge in [-0.05, 0) is 43.4 Å². The van der Waals surface area contributed by atoms with E-state index in [0.717, 1.165) is 31.4 Å². The number of carbonyl (C=O) groups excluding carboxylic acids is 1. The highest BCUT2D eigenvalue weighted by atomic mass is 32.2. The number of nitrogens with zero attached hydrogens (tertiary/aromatic N) is 3. The van der Waals surface area contributed by atoms with Gasteiger partial charge in [-0.3, -0.25) is 0 Å². The lowest BCUT2D eigenvalue weighted by molar-refractivity contribution is 0.128. The smallest absolute Gasteiger partial charge is 0.410 e. The van der Waals surface area contributed by atoms with Gasteiger partial charge in [0.25, 0.3) is 10.2 Å². The molecule has 1 aromatic carbocycles. The van der Waals surface area contributed by atoms with Crippen molar-refractivity contribution in [1.82, 2.24) is 13.5 Å². The molecule has 0 N–H and O–H groups in total. The first-order valence-electron chi connectivity index (χ1n) is 9.84. The van der Waals surface area contributed by atoms with E-state index in [0.29, 0.717) is 26.2 Å². The summed E-state index contributed by atoms with van der Waals surface area (Å²) >= 11 is 0. The molecule has 1 aromatic rings. The van der Waals surface area contributed by atoms with Crippen LogP contribution in [0.5, 0.6) is 5.75 Å². The number of aryl methyl sites for hydroxylation is 1. The number of ether oxygens (including phenoxy) is 2. The standard InChI is InChI=1S/C19H27N3O5S/c1-26-16-8-6-15(7-9-16)5-4-12-22-17-13-21(14-18(17)27-19(22)23)28(24,25)20-10-2-3-11-20/h6-9,17-18H,2-5,10-14H2,1H3/t17-,18+/m1/s1. The summed E-state index contributed by atoms with van der Waals surface area (Å²) in [4.78, 5) is 13.9. The number of hydrogen-bond acceptors (Lipinski definition) is 5. The molecule has 2 atom stereocenters. The van der Waals surface area contributed by atoms with Crippen molar-refractivity contribution in [2.45, 2.75) is 37.8 Å². The Hall–Kier alpha value is -1.84. The minimum atomic E-state index is -3.45. The van der Waals surface area contributed by atoms with Crippen LogP contribution in [-0.4, -0.2) is 80.0 Å². The third-order valence-electron chi connectivity index (χ3n) is 5.83. The molecule has 0 spiro atoms. The minimum Gasteiger partial charge on any atom is -0.497 e. The maximum absolute atomic E-state index is 12.8. The minimum absolute atomic E-state index is 0.194. The van der Waals surface area contributed by atoms with E-state index in [9.17, 15) is 13.2 Å². The number of rotatable bonds is 7. The molecular formula is C19H27N3O5S. The first-order valence-corrected chi connectivity index (χ1v) is 11.2. The van der Waals surface area contributed by atoms with E-state index in [1.165, 1.54) is 9.87 Å². The molecule has 8 nitrogen and oxygen atoms in total. The molecule has 28 heavy (non-hydrogen) atoms. The van der Waals surface area contributed by atoms with Gasteiger partial charge in [-0.2, -0.15) is 17.0 Å². The monoisotopic (exact) mass is 409 g/mol. The van der Waals surface area contributed by atoms with E-state index < -0.39 is 10.2 Å². The molecule has 1 amide bonds. The van der Waals surface area contributed by atoms with E-state index >= 15 is 0 Å². The van der Waals surface area contributed by atoms with Crippen LogP contribution in [0.2, 0.25) is 0 Å². The Labute approximate surface area is 166 Å². The van der Waals surface area contributed by atoms with E-state index in [1.807, 2.05) is 24.3 Å². The molecule has 0 aliphatic carbocycles. The second-order valence-electron chi connectivity index (χ2n) is 7.57. The third-order valence-corrected chi connectivity index (χ3v) is 7.80. The van der Waals surface area contributed by atoms with Crippen LogP contribution in [0.3, 0.4) is 0 Å². The molecule has 0 radical (unpaired) electrons. The zero-order chi connectivity index (χ0) is 19.7. The molecule has 4 rings (SSSR count). The summed E-state index contributed by atoms with van der Waals surface area (Å²) in [6.45, 7) is 2.30. The van der Waals surface area contributed by atoms with Gasteiger partial charge in [0.05, 0.1) is 19.7 Å². The highest BCUT2D eigenvalue weighted by Crippen LogP contribution is 2.30. The molecular weight excluding hydrogens is 382 g/mol. The summed E-state index contributed by atoms with van der Waals surface area (Å²) in [7, 11) is -1.82. The number of amides is 1. The fourth-order valence-electron chi connectivity index (χ4n) is 4.24. The lowest BCUT2D eigenvalue weighted by Crippen LogP contribution is -2.44. The van der Waals surface area contributed by atoms with Crippen molar-refractivity contribution in [3.05, 3.63) is 29.8 Å². The van der Waals surface area contributed by atoms with Crippen LogP contribution < -0.4 is 4.74 Å². The first-order chi connectivity index (χ1) is 13.5. The zero-order valence-electron chi connectivity index (χ0n) is 16.1. The molecule has 3 saturated heterocycles. The number of methoxy groups -OCH3 is 1. The van der Waals surface area contributed by atoms with E-state index in [-0.39, 0.29) is 24.8 Å². The Kier molecular flexibility index (Phi) is 5.48. The molecule has 3 aliphatic rings. The van der Waals surface area contributed by atoms with Crippen LogP contribution in [0.1, 0.15) is 24.8 Å². The van der Waals surface area contributed by atoms with Crippen molar-refractivity contribution in [3.63, 3.8) is 0 Å². The van der Waals surface area contributed by atoms with Crippen LogP contribution in [0.4, 0.5) is 4.79 Å². The van der Waals surface area contributed by atoms with Crippen molar-refractivity contribution < 1.29 is 22.7 Å². The zero-order valence-corrected chi connectivity index (χ0v) is 16.9. The Bertz CT molecular complexity index is 807. The van der Waals surface area contributed by atoms with Gasteiger partial charge in [-0.1, -0.05) is 12.1 Å². The predicted octanol–water partition coefficient (Wildman–Crippen LogP) is 1.47. The van der Waals surface area contributed by atoms with Crippen LogP contribution in [-0.2, 0) is 21.4 Å². The van der Waals surface area contributed by atoms with Crippen molar-refractivity contribution in [2.24, 2.45) is 0 Å². The van der Waals surface area contributed by atoms with Gasteiger partial charge in [-0.15, -0.1) is 0 Å². The lowest BCUT2D eigenvalue weighted by Gasteiger charge is -2.25. The fourth-order valence-corrected chi connectivity index (χ4v) is 5.97.